The second kappa shape index (κ2) is 6.87. The summed E-state index contributed by atoms with van der Waals surface area (Å²) in [5.74, 6) is -1.97. The van der Waals surface area contributed by atoms with Gasteiger partial charge < -0.3 is 14.8 Å². The minimum Gasteiger partial charge on any atom is -0.467 e. The summed E-state index contributed by atoms with van der Waals surface area (Å²) >= 11 is 5.61. The topological polar surface area (TPSA) is 64.6 Å². The first-order chi connectivity index (χ1) is 10.0. The lowest BCUT2D eigenvalue weighted by Gasteiger charge is -2.19. The molecule has 1 amide bonds. The van der Waals surface area contributed by atoms with Gasteiger partial charge in [0.15, 0.2) is 6.04 Å². The molecule has 0 bridgehead atoms. The summed E-state index contributed by atoms with van der Waals surface area (Å²) in [5.41, 5.74) is 0.274. The molecule has 1 aliphatic rings. The quantitative estimate of drug-likeness (QED) is 0.861. The van der Waals surface area contributed by atoms with Crippen LogP contribution in [0.2, 0.25) is 5.02 Å². The van der Waals surface area contributed by atoms with Crippen LogP contribution in [0.25, 0.3) is 0 Å². The third-order valence-corrected chi connectivity index (χ3v) is 3.61. The number of rotatable bonds is 4. The minimum atomic E-state index is -1.07. The van der Waals surface area contributed by atoms with Crippen LogP contribution in [0.5, 0.6) is 0 Å². The molecule has 1 N–H and O–H groups in total. The van der Waals surface area contributed by atoms with Crippen molar-refractivity contribution in [2.75, 3.05) is 20.3 Å². The molecule has 1 aromatic carbocycles. The second-order valence-corrected chi connectivity index (χ2v) is 5.11. The molecule has 2 atom stereocenters. The van der Waals surface area contributed by atoms with Crippen LogP contribution in [-0.4, -0.2) is 32.2 Å². The van der Waals surface area contributed by atoms with E-state index in [0.29, 0.717) is 19.6 Å². The van der Waals surface area contributed by atoms with Crippen LogP contribution in [-0.2, 0) is 19.1 Å². The van der Waals surface area contributed by atoms with Gasteiger partial charge in [-0.1, -0.05) is 17.7 Å². The molecule has 2 rings (SSSR count). The van der Waals surface area contributed by atoms with Crippen molar-refractivity contribution in [2.24, 2.45) is 5.92 Å². The maximum absolute atomic E-state index is 13.5. The van der Waals surface area contributed by atoms with Crippen molar-refractivity contribution in [3.8, 4) is 0 Å². The van der Waals surface area contributed by atoms with Crippen LogP contribution in [0, 0.1) is 11.7 Å². The molecule has 21 heavy (non-hydrogen) atoms. The zero-order chi connectivity index (χ0) is 15.4. The molecule has 1 fully saturated rings. The van der Waals surface area contributed by atoms with Gasteiger partial charge in [0.25, 0.3) is 0 Å². The van der Waals surface area contributed by atoms with E-state index in [0.717, 1.165) is 6.07 Å². The molecule has 0 spiro atoms. The Kier molecular flexibility index (Phi) is 5.14. The fourth-order valence-electron chi connectivity index (χ4n) is 2.09. The fourth-order valence-corrected chi connectivity index (χ4v) is 2.21. The van der Waals surface area contributed by atoms with E-state index in [1.54, 1.807) is 0 Å². The van der Waals surface area contributed by atoms with Crippen molar-refractivity contribution in [3.05, 3.63) is 34.6 Å². The van der Waals surface area contributed by atoms with Gasteiger partial charge in [-0.05, 0) is 24.1 Å². The number of carbonyl (C=O) groups is 2. The van der Waals surface area contributed by atoms with Crippen molar-refractivity contribution in [3.63, 3.8) is 0 Å². The minimum absolute atomic E-state index is 0.0575. The van der Waals surface area contributed by atoms with Crippen LogP contribution < -0.4 is 5.32 Å². The number of hydrogen-bond acceptors (Lipinski definition) is 4. The first kappa shape index (κ1) is 15.7. The van der Waals surface area contributed by atoms with Gasteiger partial charge in [0.05, 0.1) is 24.7 Å². The molecule has 114 valence electrons. The lowest BCUT2D eigenvalue weighted by Crippen LogP contribution is -2.38. The number of methoxy groups -OCH3 is 1. The van der Waals surface area contributed by atoms with E-state index < -0.39 is 17.8 Å². The van der Waals surface area contributed by atoms with Gasteiger partial charge in [-0.2, -0.15) is 0 Å². The molecule has 2 unspecified atom stereocenters. The van der Waals surface area contributed by atoms with Crippen molar-refractivity contribution >= 4 is 23.5 Å². The average molecular weight is 316 g/mol. The maximum atomic E-state index is 13.5. The molecular weight excluding hydrogens is 301 g/mol. The Balaban J connectivity index is 2.19. The number of benzene rings is 1. The maximum Gasteiger partial charge on any atom is 0.333 e. The number of amides is 1. The van der Waals surface area contributed by atoms with Gasteiger partial charge in [-0.15, -0.1) is 0 Å². The van der Waals surface area contributed by atoms with Crippen LogP contribution in [0.4, 0.5) is 4.39 Å². The highest BCUT2D eigenvalue weighted by Gasteiger charge is 2.30. The summed E-state index contributed by atoms with van der Waals surface area (Å²) in [5, 5.41) is 2.51. The Morgan fingerprint density at radius 3 is 2.86 bits per heavy atom. The number of nitrogens with one attached hydrogen (secondary N) is 1. The van der Waals surface area contributed by atoms with Crippen LogP contribution in [0.1, 0.15) is 18.0 Å². The van der Waals surface area contributed by atoms with E-state index in [2.05, 4.69) is 10.1 Å². The highest BCUT2D eigenvalue weighted by molar-refractivity contribution is 6.30. The molecule has 0 aliphatic carbocycles. The Hall–Kier alpha value is -1.66. The Morgan fingerprint density at radius 1 is 1.52 bits per heavy atom. The SMILES string of the molecule is COC(=O)C(NC(=O)C1CCOC1)c1ccc(Cl)c(F)c1. The summed E-state index contributed by atoms with van der Waals surface area (Å²) in [7, 11) is 1.20. The fraction of sp³-hybridized carbons (Fsp3) is 0.429. The number of hydrogen-bond donors (Lipinski definition) is 1. The van der Waals surface area contributed by atoms with E-state index in [9.17, 15) is 14.0 Å². The first-order valence-corrected chi connectivity index (χ1v) is 6.81. The zero-order valence-corrected chi connectivity index (χ0v) is 12.2. The van der Waals surface area contributed by atoms with Gasteiger partial charge in [0.2, 0.25) is 5.91 Å². The van der Waals surface area contributed by atoms with Gasteiger partial charge in [0.1, 0.15) is 5.82 Å². The predicted molar refractivity (Wildman–Crippen MR) is 73.2 cm³/mol. The average Bonchev–Trinajstić information content (AvgIpc) is 3.01. The molecule has 1 heterocycles. The lowest BCUT2D eigenvalue weighted by molar-refractivity contribution is -0.145. The van der Waals surface area contributed by atoms with Crippen LogP contribution >= 0.6 is 11.6 Å². The van der Waals surface area contributed by atoms with E-state index in [1.807, 2.05) is 0 Å². The number of ether oxygens (including phenoxy) is 2. The third-order valence-electron chi connectivity index (χ3n) is 3.30. The predicted octanol–water partition coefficient (Wildman–Crippen LogP) is 1.85. The summed E-state index contributed by atoms with van der Waals surface area (Å²) in [6, 6.07) is 2.83. The molecule has 7 heteroatoms. The van der Waals surface area contributed by atoms with Gasteiger partial charge in [-0.3, -0.25) is 4.79 Å². The highest BCUT2D eigenvalue weighted by Crippen LogP contribution is 2.22. The van der Waals surface area contributed by atoms with E-state index >= 15 is 0 Å². The standard InChI is InChI=1S/C14H15ClFNO4/c1-20-14(19)12(8-2-3-10(15)11(16)6-8)17-13(18)9-4-5-21-7-9/h2-3,6,9,12H,4-5,7H2,1H3,(H,17,18). The summed E-state index contributed by atoms with van der Waals surface area (Å²) in [4.78, 5) is 23.9. The molecule has 5 nitrogen and oxygen atoms in total. The van der Waals surface area contributed by atoms with Crippen molar-refractivity contribution in [1.82, 2.24) is 5.32 Å². The van der Waals surface area contributed by atoms with Crippen molar-refractivity contribution in [1.29, 1.82) is 0 Å². The van der Waals surface area contributed by atoms with Gasteiger partial charge >= 0.3 is 5.97 Å². The van der Waals surface area contributed by atoms with Gasteiger partial charge in [0, 0.05) is 6.61 Å². The summed E-state index contributed by atoms with van der Waals surface area (Å²) in [6.45, 7) is 0.825. The van der Waals surface area contributed by atoms with Crippen LogP contribution in [0.15, 0.2) is 18.2 Å². The normalized spacial score (nSPS) is 19.1. The Morgan fingerprint density at radius 2 is 2.29 bits per heavy atom. The molecule has 1 saturated heterocycles. The van der Waals surface area contributed by atoms with E-state index in [1.165, 1.54) is 19.2 Å². The molecule has 1 aliphatic heterocycles. The summed E-state index contributed by atoms with van der Waals surface area (Å²) in [6.07, 6.45) is 0.592. The number of halogens is 2. The highest BCUT2D eigenvalue weighted by atomic mass is 35.5. The zero-order valence-electron chi connectivity index (χ0n) is 11.4. The number of esters is 1. The monoisotopic (exact) mass is 315 g/mol. The molecule has 0 radical (unpaired) electrons. The molecular formula is C14H15ClFNO4. The summed E-state index contributed by atoms with van der Waals surface area (Å²) < 4.78 is 23.3. The molecule has 0 saturated carbocycles. The first-order valence-electron chi connectivity index (χ1n) is 6.44. The smallest absolute Gasteiger partial charge is 0.333 e. The third kappa shape index (κ3) is 3.71. The molecule has 1 aromatic rings. The molecule has 0 aromatic heterocycles. The Bertz CT molecular complexity index is 546. The lowest BCUT2D eigenvalue weighted by atomic mass is 10.0. The number of carbonyl (C=O) groups excluding carboxylic acids is 2. The largest absolute Gasteiger partial charge is 0.467 e. The van der Waals surface area contributed by atoms with E-state index in [4.69, 9.17) is 16.3 Å². The van der Waals surface area contributed by atoms with E-state index in [-0.39, 0.29) is 22.4 Å². The van der Waals surface area contributed by atoms with Crippen LogP contribution in [0.3, 0.4) is 0 Å². The van der Waals surface area contributed by atoms with Crippen molar-refractivity contribution < 1.29 is 23.5 Å². The van der Waals surface area contributed by atoms with Crippen molar-refractivity contribution in [2.45, 2.75) is 12.5 Å². The Labute approximate surface area is 126 Å². The second-order valence-electron chi connectivity index (χ2n) is 4.70. The van der Waals surface area contributed by atoms with Gasteiger partial charge in [-0.25, -0.2) is 9.18 Å².